The van der Waals surface area contributed by atoms with Crippen LogP contribution in [0.2, 0.25) is 0 Å². The van der Waals surface area contributed by atoms with E-state index in [0.29, 0.717) is 6.54 Å². The summed E-state index contributed by atoms with van der Waals surface area (Å²) in [4.78, 5) is 11.7. The Kier molecular flexibility index (Phi) is 3.46. The maximum absolute atomic E-state index is 11.7. The maximum atomic E-state index is 11.7. The Morgan fingerprint density at radius 3 is 2.05 bits per heavy atom. The molecule has 1 heterocycles. The zero-order valence-electron chi connectivity index (χ0n) is 11.1. The summed E-state index contributed by atoms with van der Waals surface area (Å²) in [5, 5.41) is 0. The van der Waals surface area contributed by atoms with E-state index in [1.165, 1.54) is 11.1 Å². The first-order valence-corrected chi connectivity index (χ1v) is 6.63. The molecule has 0 radical (unpaired) electrons. The molecule has 0 saturated carbocycles. The van der Waals surface area contributed by atoms with E-state index in [1.54, 1.807) is 16.7 Å². The Labute approximate surface area is 118 Å². The topological polar surface area (TPSA) is 22.0 Å². The van der Waals surface area contributed by atoms with Crippen molar-refractivity contribution in [2.24, 2.45) is 0 Å². The highest BCUT2D eigenvalue weighted by Gasteiger charge is 1.99. The number of benzene rings is 2. The smallest absolute Gasteiger partial charge is 0.250 e. The van der Waals surface area contributed by atoms with Crippen LogP contribution in [-0.4, -0.2) is 4.57 Å². The van der Waals surface area contributed by atoms with E-state index in [0.717, 1.165) is 5.56 Å². The van der Waals surface area contributed by atoms with Gasteiger partial charge in [0.25, 0.3) is 5.56 Å². The number of nitrogens with zero attached hydrogens (tertiary/aromatic N) is 1. The van der Waals surface area contributed by atoms with Crippen LogP contribution in [0.5, 0.6) is 0 Å². The van der Waals surface area contributed by atoms with Gasteiger partial charge in [-0.1, -0.05) is 60.7 Å². The minimum Gasteiger partial charge on any atom is -0.311 e. The van der Waals surface area contributed by atoms with E-state index >= 15 is 0 Å². The lowest BCUT2D eigenvalue weighted by Gasteiger charge is -2.07. The highest BCUT2D eigenvalue weighted by atomic mass is 16.1. The Hall–Kier alpha value is -2.61. The summed E-state index contributed by atoms with van der Waals surface area (Å²) in [5.41, 5.74) is 3.54. The second-order valence-electron chi connectivity index (χ2n) is 4.73. The van der Waals surface area contributed by atoms with Gasteiger partial charge < -0.3 is 4.57 Å². The number of hydrogen-bond donors (Lipinski definition) is 0. The quantitative estimate of drug-likeness (QED) is 0.706. The summed E-state index contributed by atoms with van der Waals surface area (Å²) >= 11 is 0. The number of hydrogen-bond acceptors (Lipinski definition) is 1. The van der Waals surface area contributed by atoms with Gasteiger partial charge in [-0.15, -0.1) is 0 Å². The third-order valence-corrected chi connectivity index (χ3v) is 3.31. The van der Waals surface area contributed by atoms with Crippen molar-refractivity contribution >= 4 is 0 Å². The summed E-state index contributed by atoms with van der Waals surface area (Å²) in [6.07, 6.45) is 1.81. The van der Waals surface area contributed by atoms with Crippen LogP contribution in [0.3, 0.4) is 0 Å². The Morgan fingerprint density at radius 1 is 0.700 bits per heavy atom. The minimum atomic E-state index is 0.0274. The first-order chi connectivity index (χ1) is 9.83. The molecule has 1 aromatic heterocycles. The number of rotatable bonds is 3. The fraction of sp³-hybridized carbons (Fsp3) is 0.0556. The summed E-state index contributed by atoms with van der Waals surface area (Å²) in [6, 6.07) is 23.8. The van der Waals surface area contributed by atoms with Crippen molar-refractivity contribution < 1.29 is 0 Å². The molecule has 0 unspecified atom stereocenters. The minimum absolute atomic E-state index is 0.0274. The molecule has 98 valence electrons. The van der Waals surface area contributed by atoms with Gasteiger partial charge in [0.15, 0.2) is 0 Å². The van der Waals surface area contributed by atoms with E-state index in [2.05, 4.69) is 36.4 Å². The molecule has 20 heavy (non-hydrogen) atoms. The van der Waals surface area contributed by atoms with Crippen LogP contribution in [0.15, 0.2) is 83.8 Å². The standard InChI is InChI=1S/C18H15NO/c20-18-8-4-5-13-19(18)14-15-9-11-17(12-10-15)16-6-2-1-3-7-16/h1-13H,14H2. The average molecular weight is 261 g/mol. The number of pyridine rings is 1. The molecule has 2 heteroatoms. The van der Waals surface area contributed by atoms with Crippen molar-refractivity contribution in [2.45, 2.75) is 6.54 Å². The molecule has 0 atom stereocenters. The zero-order chi connectivity index (χ0) is 13.8. The molecule has 0 aliphatic rings. The largest absolute Gasteiger partial charge is 0.311 e. The third-order valence-electron chi connectivity index (χ3n) is 3.31. The first kappa shape index (κ1) is 12.4. The van der Waals surface area contributed by atoms with Crippen LogP contribution in [0.25, 0.3) is 11.1 Å². The van der Waals surface area contributed by atoms with Gasteiger partial charge in [0, 0.05) is 12.3 Å². The molecule has 0 aliphatic heterocycles. The van der Waals surface area contributed by atoms with E-state index < -0.39 is 0 Å². The second-order valence-corrected chi connectivity index (χ2v) is 4.73. The summed E-state index contributed by atoms with van der Waals surface area (Å²) in [5.74, 6) is 0. The Bertz CT molecular complexity index is 742. The monoisotopic (exact) mass is 261 g/mol. The van der Waals surface area contributed by atoms with Crippen LogP contribution in [0.4, 0.5) is 0 Å². The van der Waals surface area contributed by atoms with Crippen LogP contribution in [0.1, 0.15) is 5.56 Å². The van der Waals surface area contributed by atoms with Crippen LogP contribution in [0, 0.1) is 0 Å². The van der Waals surface area contributed by atoms with Gasteiger partial charge in [-0.3, -0.25) is 4.79 Å². The zero-order valence-corrected chi connectivity index (χ0v) is 11.1. The van der Waals surface area contributed by atoms with Crippen molar-refractivity contribution in [2.75, 3.05) is 0 Å². The summed E-state index contributed by atoms with van der Waals surface area (Å²) < 4.78 is 1.71. The molecular formula is C18H15NO. The van der Waals surface area contributed by atoms with E-state index in [9.17, 15) is 4.79 Å². The molecule has 0 bridgehead atoms. The Balaban J connectivity index is 1.84. The highest BCUT2D eigenvalue weighted by Crippen LogP contribution is 2.19. The van der Waals surface area contributed by atoms with Gasteiger partial charge in [0.1, 0.15) is 0 Å². The second kappa shape index (κ2) is 5.57. The lowest BCUT2D eigenvalue weighted by atomic mass is 10.0. The van der Waals surface area contributed by atoms with E-state index in [-0.39, 0.29) is 5.56 Å². The van der Waals surface area contributed by atoms with Crippen LogP contribution >= 0.6 is 0 Å². The molecule has 2 nitrogen and oxygen atoms in total. The third kappa shape index (κ3) is 2.69. The first-order valence-electron chi connectivity index (χ1n) is 6.63. The lowest BCUT2D eigenvalue weighted by Crippen LogP contribution is -2.18. The molecule has 0 spiro atoms. The SMILES string of the molecule is O=c1ccccn1Cc1ccc(-c2ccccc2)cc1. The Morgan fingerprint density at radius 2 is 1.35 bits per heavy atom. The molecule has 2 aromatic carbocycles. The van der Waals surface area contributed by atoms with Gasteiger partial charge >= 0.3 is 0 Å². The molecule has 0 amide bonds. The van der Waals surface area contributed by atoms with Crippen molar-refractivity contribution in [3.05, 3.63) is 94.9 Å². The van der Waals surface area contributed by atoms with Crippen LogP contribution < -0.4 is 5.56 Å². The van der Waals surface area contributed by atoms with Gasteiger partial charge in [-0.25, -0.2) is 0 Å². The maximum Gasteiger partial charge on any atom is 0.250 e. The van der Waals surface area contributed by atoms with Gasteiger partial charge in [-0.2, -0.15) is 0 Å². The van der Waals surface area contributed by atoms with Gasteiger partial charge in [-0.05, 0) is 22.8 Å². The normalized spacial score (nSPS) is 10.4. The molecule has 0 N–H and O–H groups in total. The molecular weight excluding hydrogens is 246 g/mol. The highest BCUT2D eigenvalue weighted by molar-refractivity contribution is 5.63. The molecule has 3 rings (SSSR count). The molecule has 0 saturated heterocycles. The van der Waals surface area contributed by atoms with Crippen molar-refractivity contribution in [1.29, 1.82) is 0 Å². The van der Waals surface area contributed by atoms with E-state index in [1.807, 2.05) is 30.5 Å². The molecule has 0 fully saturated rings. The molecule has 0 aliphatic carbocycles. The predicted molar refractivity (Wildman–Crippen MR) is 81.7 cm³/mol. The van der Waals surface area contributed by atoms with Gasteiger partial charge in [0.2, 0.25) is 0 Å². The number of aromatic nitrogens is 1. The fourth-order valence-corrected chi connectivity index (χ4v) is 2.22. The van der Waals surface area contributed by atoms with Crippen molar-refractivity contribution in [3.63, 3.8) is 0 Å². The van der Waals surface area contributed by atoms with Gasteiger partial charge in [0.05, 0.1) is 6.54 Å². The predicted octanol–water partition coefficient (Wildman–Crippen LogP) is 3.56. The summed E-state index contributed by atoms with van der Waals surface area (Å²) in [6.45, 7) is 0.606. The fourth-order valence-electron chi connectivity index (χ4n) is 2.22. The lowest BCUT2D eigenvalue weighted by molar-refractivity contribution is 0.759. The van der Waals surface area contributed by atoms with E-state index in [4.69, 9.17) is 0 Å². The summed E-state index contributed by atoms with van der Waals surface area (Å²) in [7, 11) is 0. The average Bonchev–Trinajstić information content (AvgIpc) is 2.51. The van der Waals surface area contributed by atoms with Crippen molar-refractivity contribution in [3.8, 4) is 11.1 Å². The van der Waals surface area contributed by atoms with Crippen LogP contribution in [-0.2, 0) is 6.54 Å². The van der Waals surface area contributed by atoms with Crippen molar-refractivity contribution in [1.82, 2.24) is 4.57 Å². The molecule has 3 aromatic rings.